The first kappa shape index (κ1) is 13.8. The number of nitrogens with one attached hydrogen (secondary N) is 1. The highest BCUT2D eigenvalue weighted by molar-refractivity contribution is 6.01. The lowest BCUT2D eigenvalue weighted by atomic mass is 10.3. The van der Waals surface area contributed by atoms with Gasteiger partial charge >= 0.3 is 0 Å². The molecule has 2 heterocycles. The molecule has 6 heteroatoms. The lowest BCUT2D eigenvalue weighted by Gasteiger charge is -1.98. The van der Waals surface area contributed by atoms with Crippen LogP contribution in [0.4, 0.5) is 5.82 Å². The molecule has 0 aliphatic rings. The van der Waals surface area contributed by atoms with Gasteiger partial charge in [-0.15, -0.1) is 0 Å². The van der Waals surface area contributed by atoms with E-state index in [9.17, 15) is 4.79 Å². The van der Waals surface area contributed by atoms with E-state index in [2.05, 4.69) is 15.5 Å². The van der Waals surface area contributed by atoms with Crippen LogP contribution in [-0.4, -0.2) is 25.5 Å². The molecular formula is C16H15N5O. The number of amides is 1. The van der Waals surface area contributed by atoms with Gasteiger partial charge in [-0.2, -0.15) is 10.2 Å². The molecule has 0 saturated heterocycles. The Morgan fingerprint density at radius 1 is 1.23 bits per heavy atom. The maximum atomic E-state index is 11.8. The van der Waals surface area contributed by atoms with Crippen molar-refractivity contribution in [2.75, 3.05) is 5.32 Å². The average Bonchev–Trinajstić information content (AvgIpc) is 3.15. The average molecular weight is 293 g/mol. The summed E-state index contributed by atoms with van der Waals surface area (Å²) >= 11 is 0. The number of para-hydroxylation sites is 1. The minimum absolute atomic E-state index is 0.230. The van der Waals surface area contributed by atoms with Crippen LogP contribution in [0.15, 0.2) is 61.1 Å². The highest BCUT2D eigenvalue weighted by atomic mass is 16.1. The quantitative estimate of drug-likeness (QED) is 0.750. The van der Waals surface area contributed by atoms with Crippen molar-refractivity contribution in [2.45, 2.75) is 0 Å². The fraction of sp³-hybridized carbons (Fsp3) is 0.0625. The largest absolute Gasteiger partial charge is 0.306 e. The zero-order valence-corrected chi connectivity index (χ0v) is 12.0. The molecule has 0 aliphatic heterocycles. The summed E-state index contributed by atoms with van der Waals surface area (Å²) in [6, 6.07) is 11.5. The van der Waals surface area contributed by atoms with Crippen LogP contribution >= 0.6 is 0 Å². The van der Waals surface area contributed by atoms with Crippen molar-refractivity contribution in [3.05, 3.63) is 66.6 Å². The molecule has 0 radical (unpaired) electrons. The summed E-state index contributed by atoms with van der Waals surface area (Å²) in [5.41, 5.74) is 1.82. The van der Waals surface area contributed by atoms with E-state index < -0.39 is 0 Å². The number of aryl methyl sites for hydroxylation is 1. The van der Waals surface area contributed by atoms with E-state index in [1.54, 1.807) is 40.9 Å². The predicted molar refractivity (Wildman–Crippen MR) is 84.4 cm³/mol. The van der Waals surface area contributed by atoms with Crippen molar-refractivity contribution >= 4 is 17.8 Å². The van der Waals surface area contributed by atoms with Crippen molar-refractivity contribution in [1.82, 2.24) is 19.6 Å². The molecule has 0 bridgehead atoms. The molecule has 0 spiro atoms. The van der Waals surface area contributed by atoms with Crippen LogP contribution in [0.1, 0.15) is 5.56 Å². The Morgan fingerprint density at radius 2 is 2.05 bits per heavy atom. The first-order valence-electron chi connectivity index (χ1n) is 6.79. The van der Waals surface area contributed by atoms with Gasteiger partial charge in [0.1, 0.15) is 0 Å². The molecule has 0 unspecified atom stereocenters. The van der Waals surface area contributed by atoms with Gasteiger partial charge in [-0.05, 0) is 18.2 Å². The molecule has 110 valence electrons. The molecular weight excluding hydrogens is 278 g/mol. The summed E-state index contributed by atoms with van der Waals surface area (Å²) < 4.78 is 3.39. The smallest absolute Gasteiger partial charge is 0.249 e. The van der Waals surface area contributed by atoms with Gasteiger partial charge in [0.15, 0.2) is 5.82 Å². The lowest BCUT2D eigenvalue weighted by Crippen LogP contribution is -2.08. The zero-order chi connectivity index (χ0) is 15.4. The van der Waals surface area contributed by atoms with Crippen LogP contribution in [-0.2, 0) is 11.8 Å². The predicted octanol–water partition coefficient (Wildman–Crippen LogP) is 2.26. The van der Waals surface area contributed by atoms with Gasteiger partial charge in [0.25, 0.3) is 0 Å². The molecule has 0 atom stereocenters. The maximum absolute atomic E-state index is 11.8. The number of hydrogen-bond acceptors (Lipinski definition) is 3. The molecule has 22 heavy (non-hydrogen) atoms. The fourth-order valence-electron chi connectivity index (χ4n) is 1.97. The molecule has 2 aromatic heterocycles. The first-order chi connectivity index (χ1) is 10.7. The van der Waals surface area contributed by atoms with E-state index >= 15 is 0 Å². The maximum Gasteiger partial charge on any atom is 0.249 e. The summed E-state index contributed by atoms with van der Waals surface area (Å²) in [6.07, 6.45) is 8.51. The van der Waals surface area contributed by atoms with Crippen molar-refractivity contribution < 1.29 is 4.79 Å². The van der Waals surface area contributed by atoms with Crippen molar-refractivity contribution in [3.8, 4) is 5.69 Å². The van der Waals surface area contributed by atoms with Crippen LogP contribution in [0.25, 0.3) is 11.8 Å². The summed E-state index contributed by atoms with van der Waals surface area (Å²) in [5, 5.41) is 11.0. The Labute approximate surface area is 127 Å². The van der Waals surface area contributed by atoms with Gasteiger partial charge in [0, 0.05) is 37.1 Å². The van der Waals surface area contributed by atoms with Gasteiger partial charge in [-0.3, -0.25) is 9.48 Å². The number of aromatic nitrogens is 4. The monoisotopic (exact) mass is 293 g/mol. The normalized spacial score (nSPS) is 11.0. The van der Waals surface area contributed by atoms with Gasteiger partial charge < -0.3 is 5.32 Å². The lowest BCUT2D eigenvalue weighted by molar-refractivity contribution is -0.111. The van der Waals surface area contributed by atoms with E-state index in [4.69, 9.17) is 0 Å². The number of carbonyl (C=O) groups is 1. The number of rotatable bonds is 4. The topological polar surface area (TPSA) is 64.7 Å². The minimum Gasteiger partial charge on any atom is -0.306 e. The van der Waals surface area contributed by atoms with Gasteiger partial charge in [-0.1, -0.05) is 18.2 Å². The zero-order valence-electron chi connectivity index (χ0n) is 12.0. The Balaban J connectivity index is 1.66. The van der Waals surface area contributed by atoms with E-state index in [0.29, 0.717) is 5.82 Å². The second-order valence-corrected chi connectivity index (χ2v) is 4.75. The van der Waals surface area contributed by atoms with Crippen molar-refractivity contribution in [2.24, 2.45) is 7.05 Å². The molecule has 1 amide bonds. The Kier molecular flexibility index (Phi) is 3.82. The Bertz CT molecular complexity index is 801. The molecule has 0 saturated carbocycles. The fourth-order valence-corrected chi connectivity index (χ4v) is 1.97. The van der Waals surface area contributed by atoms with Crippen LogP contribution in [0.3, 0.4) is 0 Å². The second-order valence-electron chi connectivity index (χ2n) is 4.75. The van der Waals surface area contributed by atoms with Crippen LogP contribution in [0.5, 0.6) is 0 Å². The molecule has 1 aromatic carbocycles. The number of anilines is 1. The second kappa shape index (κ2) is 6.09. The van der Waals surface area contributed by atoms with E-state index in [-0.39, 0.29) is 5.91 Å². The van der Waals surface area contributed by atoms with Crippen molar-refractivity contribution in [1.29, 1.82) is 0 Å². The van der Waals surface area contributed by atoms with E-state index in [0.717, 1.165) is 11.3 Å². The molecule has 0 fully saturated rings. The third-order valence-electron chi connectivity index (χ3n) is 3.02. The van der Waals surface area contributed by atoms with Gasteiger partial charge in [0.2, 0.25) is 5.91 Å². The van der Waals surface area contributed by atoms with E-state index in [1.807, 2.05) is 36.5 Å². The molecule has 6 nitrogen and oxygen atoms in total. The van der Waals surface area contributed by atoms with E-state index in [1.165, 1.54) is 6.08 Å². The summed E-state index contributed by atoms with van der Waals surface area (Å²) in [5.74, 6) is 0.295. The number of carbonyl (C=O) groups excluding carboxylic acids is 1. The highest BCUT2D eigenvalue weighted by Gasteiger charge is 2.01. The number of hydrogen-bond donors (Lipinski definition) is 1. The SMILES string of the molecule is Cn1ccc(NC(=O)C=Cc2cnn(-c3ccccc3)c2)n1. The number of benzene rings is 1. The Morgan fingerprint density at radius 3 is 2.77 bits per heavy atom. The number of nitrogens with zero attached hydrogens (tertiary/aromatic N) is 4. The molecule has 1 N–H and O–H groups in total. The summed E-state index contributed by atoms with van der Waals surface area (Å²) in [4.78, 5) is 11.8. The van der Waals surface area contributed by atoms with Crippen LogP contribution in [0, 0.1) is 0 Å². The van der Waals surface area contributed by atoms with Crippen LogP contribution in [0.2, 0.25) is 0 Å². The third kappa shape index (κ3) is 3.29. The summed E-state index contributed by atoms with van der Waals surface area (Å²) in [6.45, 7) is 0. The Hall–Kier alpha value is -3.15. The van der Waals surface area contributed by atoms with Crippen LogP contribution < -0.4 is 5.32 Å². The first-order valence-corrected chi connectivity index (χ1v) is 6.79. The van der Waals surface area contributed by atoms with Gasteiger partial charge in [0.05, 0.1) is 11.9 Å². The summed E-state index contributed by atoms with van der Waals surface area (Å²) in [7, 11) is 1.80. The molecule has 0 aliphatic carbocycles. The van der Waals surface area contributed by atoms with Crippen molar-refractivity contribution in [3.63, 3.8) is 0 Å². The standard InChI is InChI=1S/C16H15N5O/c1-20-10-9-15(19-20)18-16(22)8-7-13-11-17-21(12-13)14-5-3-2-4-6-14/h2-12H,1H3,(H,18,19,22). The molecule has 3 aromatic rings. The molecule has 3 rings (SSSR count). The third-order valence-corrected chi connectivity index (χ3v) is 3.02. The highest BCUT2D eigenvalue weighted by Crippen LogP contribution is 2.09. The minimum atomic E-state index is -0.230. The van der Waals surface area contributed by atoms with Gasteiger partial charge in [-0.25, -0.2) is 4.68 Å².